The van der Waals surface area contributed by atoms with Crippen molar-refractivity contribution in [3.63, 3.8) is 0 Å². The summed E-state index contributed by atoms with van der Waals surface area (Å²) in [6, 6.07) is 7.92. The Hall–Kier alpha value is -2.37. The number of hydrogen-bond acceptors (Lipinski definition) is 5. The first-order chi connectivity index (χ1) is 11.1. The number of fused-ring (bicyclic) bond motifs is 1. The molecule has 0 unspecified atom stereocenters. The van der Waals surface area contributed by atoms with Crippen molar-refractivity contribution in [1.82, 2.24) is 9.55 Å². The smallest absolute Gasteiger partial charge is 0.414 e. The van der Waals surface area contributed by atoms with E-state index in [-0.39, 0.29) is 24.5 Å². The van der Waals surface area contributed by atoms with Crippen LogP contribution in [0.3, 0.4) is 0 Å². The van der Waals surface area contributed by atoms with Gasteiger partial charge in [-0.3, -0.25) is 4.57 Å². The lowest BCUT2D eigenvalue weighted by molar-refractivity contribution is -0.389. The molecule has 2 aromatic rings. The van der Waals surface area contributed by atoms with Gasteiger partial charge >= 0.3 is 11.8 Å². The molecule has 2 heterocycles. The van der Waals surface area contributed by atoms with Crippen LogP contribution in [-0.4, -0.2) is 33.8 Å². The summed E-state index contributed by atoms with van der Waals surface area (Å²) < 4.78 is 13.6. The zero-order valence-corrected chi connectivity index (χ0v) is 13.5. The highest BCUT2D eigenvalue weighted by Crippen LogP contribution is 2.22. The third-order valence-corrected chi connectivity index (χ3v) is 3.71. The molecule has 0 saturated heterocycles. The average Bonchev–Trinajstić information content (AvgIpc) is 2.97. The molecular formula is C15H12BrN3O4. The van der Waals surface area contributed by atoms with Gasteiger partial charge in [0.25, 0.3) is 0 Å². The summed E-state index contributed by atoms with van der Waals surface area (Å²) in [5.41, 5.74) is 0.907. The van der Waals surface area contributed by atoms with Crippen LogP contribution >= 0.6 is 15.9 Å². The quantitative estimate of drug-likeness (QED) is 0.466. The van der Waals surface area contributed by atoms with Crippen molar-refractivity contribution in [1.29, 1.82) is 0 Å². The summed E-state index contributed by atoms with van der Waals surface area (Å²) in [5.74, 6) is 5.72. The molecule has 1 aliphatic rings. The first-order valence-electron chi connectivity index (χ1n) is 6.82. The zero-order valence-electron chi connectivity index (χ0n) is 11.9. The van der Waals surface area contributed by atoms with Crippen LogP contribution in [0.1, 0.15) is 5.56 Å². The zero-order chi connectivity index (χ0) is 16.2. The van der Waals surface area contributed by atoms with Crippen molar-refractivity contribution >= 4 is 21.7 Å². The van der Waals surface area contributed by atoms with Crippen LogP contribution in [-0.2, 0) is 11.3 Å². The lowest BCUT2D eigenvalue weighted by Gasteiger charge is -2.21. The van der Waals surface area contributed by atoms with Crippen LogP contribution in [0.25, 0.3) is 0 Å². The van der Waals surface area contributed by atoms with Gasteiger partial charge in [-0.25, -0.2) is 0 Å². The molecule has 0 aliphatic carbocycles. The van der Waals surface area contributed by atoms with Crippen LogP contribution in [0.2, 0.25) is 0 Å². The van der Waals surface area contributed by atoms with E-state index in [1.807, 2.05) is 24.3 Å². The summed E-state index contributed by atoms with van der Waals surface area (Å²) in [6.45, 7) is 1.01. The van der Waals surface area contributed by atoms with Crippen LogP contribution in [0.5, 0.6) is 6.01 Å². The Labute approximate surface area is 140 Å². The molecular weight excluding hydrogens is 366 g/mol. The second-order valence-corrected chi connectivity index (χ2v) is 5.76. The van der Waals surface area contributed by atoms with Crippen molar-refractivity contribution in [2.75, 3.05) is 13.2 Å². The first-order valence-corrected chi connectivity index (χ1v) is 7.61. The molecule has 8 heteroatoms. The molecule has 118 valence electrons. The SMILES string of the molecule is O=[N+]([O-])c1cn2c(n1)OC[C@@H](OCC#Cc1ccc(Br)cc1)C2. The largest absolute Gasteiger partial charge is 0.443 e. The topological polar surface area (TPSA) is 79.4 Å². The predicted molar refractivity (Wildman–Crippen MR) is 85.1 cm³/mol. The van der Waals surface area contributed by atoms with Crippen molar-refractivity contribution < 1.29 is 14.4 Å². The van der Waals surface area contributed by atoms with Crippen molar-refractivity contribution in [3.05, 3.63) is 50.6 Å². The van der Waals surface area contributed by atoms with Gasteiger partial charge < -0.3 is 19.6 Å². The van der Waals surface area contributed by atoms with E-state index in [0.717, 1.165) is 10.0 Å². The molecule has 0 saturated carbocycles. The van der Waals surface area contributed by atoms with Gasteiger partial charge in [-0.1, -0.05) is 27.8 Å². The lowest BCUT2D eigenvalue weighted by Crippen LogP contribution is -2.32. The van der Waals surface area contributed by atoms with Crippen LogP contribution in [0.4, 0.5) is 5.82 Å². The highest BCUT2D eigenvalue weighted by molar-refractivity contribution is 9.10. The van der Waals surface area contributed by atoms with Gasteiger partial charge in [0.2, 0.25) is 0 Å². The van der Waals surface area contributed by atoms with Gasteiger partial charge in [-0.05, 0) is 29.2 Å². The van der Waals surface area contributed by atoms with E-state index in [0.29, 0.717) is 13.2 Å². The molecule has 0 fully saturated rings. The number of imidazole rings is 1. The summed E-state index contributed by atoms with van der Waals surface area (Å²) >= 11 is 3.37. The summed E-state index contributed by atoms with van der Waals surface area (Å²) in [5, 5.41) is 10.7. The Morgan fingerprint density at radius 3 is 3.00 bits per heavy atom. The number of benzene rings is 1. The maximum atomic E-state index is 10.7. The second kappa shape index (κ2) is 6.81. The minimum absolute atomic E-state index is 0.212. The molecule has 3 rings (SSSR count). The van der Waals surface area contributed by atoms with Crippen LogP contribution < -0.4 is 4.74 Å². The second-order valence-electron chi connectivity index (χ2n) is 4.84. The highest BCUT2D eigenvalue weighted by Gasteiger charge is 2.27. The normalized spacial score (nSPS) is 16.0. The molecule has 1 aliphatic heterocycles. The molecule has 0 bridgehead atoms. The van der Waals surface area contributed by atoms with Gasteiger partial charge in [-0.2, -0.15) is 0 Å². The fourth-order valence-electron chi connectivity index (χ4n) is 2.09. The minimum Gasteiger partial charge on any atom is -0.443 e. The van der Waals surface area contributed by atoms with Gasteiger partial charge in [0.05, 0.1) is 6.54 Å². The Morgan fingerprint density at radius 2 is 2.26 bits per heavy atom. The maximum absolute atomic E-state index is 10.7. The molecule has 0 radical (unpaired) electrons. The predicted octanol–water partition coefficient (Wildman–Crippen LogP) is 2.38. The molecule has 1 aromatic heterocycles. The third kappa shape index (κ3) is 3.88. The van der Waals surface area contributed by atoms with Gasteiger partial charge in [-0.15, -0.1) is 0 Å². The average molecular weight is 378 g/mol. The van der Waals surface area contributed by atoms with Gasteiger partial charge in [0.1, 0.15) is 25.5 Å². The van der Waals surface area contributed by atoms with E-state index < -0.39 is 4.92 Å². The maximum Gasteiger partial charge on any atom is 0.414 e. The van der Waals surface area contributed by atoms with E-state index in [1.165, 1.54) is 6.20 Å². The summed E-state index contributed by atoms with van der Waals surface area (Å²) in [7, 11) is 0. The minimum atomic E-state index is -0.547. The number of nitro groups is 1. The Kier molecular flexibility index (Phi) is 4.60. The number of hydrogen-bond donors (Lipinski definition) is 0. The van der Waals surface area contributed by atoms with E-state index >= 15 is 0 Å². The van der Waals surface area contributed by atoms with Gasteiger partial charge in [0.15, 0.2) is 0 Å². The van der Waals surface area contributed by atoms with E-state index in [9.17, 15) is 10.1 Å². The number of nitrogens with zero attached hydrogens (tertiary/aromatic N) is 3. The fourth-order valence-corrected chi connectivity index (χ4v) is 2.36. The molecule has 23 heavy (non-hydrogen) atoms. The Bertz CT molecular complexity index is 776. The molecule has 7 nitrogen and oxygen atoms in total. The van der Waals surface area contributed by atoms with E-state index in [4.69, 9.17) is 9.47 Å². The van der Waals surface area contributed by atoms with Crippen molar-refractivity contribution in [2.45, 2.75) is 12.6 Å². The number of rotatable bonds is 3. The van der Waals surface area contributed by atoms with Crippen molar-refractivity contribution in [2.24, 2.45) is 0 Å². The highest BCUT2D eigenvalue weighted by atomic mass is 79.9. The fraction of sp³-hybridized carbons (Fsp3) is 0.267. The summed E-state index contributed by atoms with van der Waals surface area (Å²) in [4.78, 5) is 13.9. The lowest BCUT2D eigenvalue weighted by atomic mass is 10.2. The third-order valence-electron chi connectivity index (χ3n) is 3.18. The summed E-state index contributed by atoms with van der Waals surface area (Å²) in [6.07, 6.45) is 1.13. The van der Waals surface area contributed by atoms with Gasteiger partial charge in [0, 0.05) is 15.0 Å². The molecule has 1 aromatic carbocycles. The first kappa shape index (κ1) is 15.5. The number of aromatic nitrogens is 2. The molecule has 0 amide bonds. The monoisotopic (exact) mass is 377 g/mol. The van der Waals surface area contributed by atoms with Crippen molar-refractivity contribution in [3.8, 4) is 17.9 Å². The van der Waals surface area contributed by atoms with Crippen LogP contribution in [0.15, 0.2) is 34.9 Å². The molecule has 0 spiro atoms. The Balaban J connectivity index is 1.54. The standard InChI is InChI=1S/C15H12BrN3O4/c16-12-5-3-11(4-6-12)2-1-7-22-13-8-18-9-14(19(20)21)17-15(18)23-10-13/h3-6,9,13H,7-8,10H2/t13-/m0/s1. The van der Waals surface area contributed by atoms with Crippen LogP contribution in [0, 0.1) is 22.0 Å². The molecule has 1 atom stereocenters. The van der Waals surface area contributed by atoms with E-state index in [2.05, 4.69) is 32.8 Å². The number of halogens is 1. The molecule has 0 N–H and O–H groups in total. The number of ether oxygens (including phenoxy) is 2. The van der Waals surface area contributed by atoms with E-state index in [1.54, 1.807) is 4.57 Å². The Morgan fingerprint density at radius 1 is 1.48 bits per heavy atom.